The lowest BCUT2D eigenvalue weighted by Gasteiger charge is -2.36. The molecule has 0 aromatic heterocycles. The SMILES string of the molecule is CS(=O)(=O)N1CCN(CC2CCCCC2)CC1. The predicted molar refractivity (Wildman–Crippen MR) is 69.4 cm³/mol. The van der Waals surface area contributed by atoms with Gasteiger partial charge >= 0.3 is 0 Å². The Bertz CT molecular complexity index is 328. The summed E-state index contributed by atoms with van der Waals surface area (Å²) in [5.41, 5.74) is 0. The van der Waals surface area contributed by atoms with E-state index in [2.05, 4.69) is 4.90 Å². The lowest BCUT2D eigenvalue weighted by atomic mass is 9.89. The van der Waals surface area contributed by atoms with Crippen molar-refractivity contribution in [3.63, 3.8) is 0 Å². The van der Waals surface area contributed by atoms with Crippen molar-refractivity contribution in [1.29, 1.82) is 0 Å². The van der Waals surface area contributed by atoms with Crippen molar-refractivity contribution >= 4 is 10.0 Å². The number of piperazine rings is 1. The summed E-state index contributed by atoms with van der Waals surface area (Å²) >= 11 is 0. The van der Waals surface area contributed by atoms with Crippen LogP contribution in [0.25, 0.3) is 0 Å². The summed E-state index contributed by atoms with van der Waals surface area (Å²) in [7, 11) is -2.98. The van der Waals surface area contributed by atoms with E-state index in [1.165, 1.54) is 44.9 Å². The molecule has 0 atom stereocenters. The van der Waals surface area contributed by atoms with Gasteiger partial charge in [-0.3, -0.25) is 0 Å². The molecule has 0 N–H and O–H groups in total. The molecule has 0 unspecified atom stereocenters. The smallest absolute Gasteiger partial charge is 0.211 e. The number of hydrogen-bond acceptors (Lipinski definition) is 3. The normalized spacial score (nSPS) is 26.2. The number of nitrogens with zero attached hydrogens (tertiary/aromatic N) is 2. The molecule has 0 aromatic carbocycles. The lowest BCUT2D eigenvalue weighted by Crippen LogP contribution is -2.49. The molecule has 2 aliphatic rings. The average Bonchev–Trinajstić information content (AvgIpc) is 2.30. The van der Waals surface area contributed by atoms with Gasteiger partial charge in [0.1, 0.15) is 0 Å². The van der Waals surface area contributed by atoms with Crippen molar-refractivity contribution in [3.8, 4) is 0 Å². The summed E-state index contributed by atoms with van der Waals surface area (Å²) in [6.45, 7) is 4.34. The van der Waals surface area contributed by atoms with Crippen molar-refractivity contribution in [2.45, 2.75) is 32.1 Å². The monoisotopic (exact) mass is 260 g/mol. The molecule has 1 saturated heterocycles. The molecular formula is C12H24N2O2S. The molecule has 17 heavy (non-hydrogen) atoms. The third-order valence-electron chi connectivity index (χ3n) is 4.04. The van der Waals surface area contributed by atoms with Crippen LogP contribution in [0.4, 0.5) is 0 Å². The van der Waals surface area contributed by atoms with E-state index >= 15 is 0 Å². The van der Waals surface area contributed by atoms with E-state index in [0.29, 0.717) is 13.1 Å². The van der Waals surface area contributed by atoms with Gasteiger partial charge in [0.15, 0.2) is 0 Å². The van der Waals surface area contributed by atoms with Gasteiger partial charge in [-0.05, 0) is 18.8 Å². The Morgan fingerprint density at radius 2 is 1.59 bits per heavy atom. The maximum absolute atomic E-state index is 11.4. The minimum Gasteiger partial charge on any atom is -0.300 e. The lowest BCUT2D eigenvalue weighted by molar-refractivity contribution is 0.150. The highest BCUT2D eigenvalue weighted by molar-refractivity contribution is 7.88. The van der Waals surface area contributed by atoms with Gasteiger partial charge in [-0.25, -0.2) is 8.42 Å². The Kier molecular flexibility index (Phi) is 4.44. The fourth-order valence-corrected chi connectivity index (χ4v) is 3.81. The maximum atomic E-state index is 11.4. The Morgan fingerprint density at radius 3 is 2.12 bits per heavy atom. The number of sulfonamides is 1. The highest BCUT2D eigenvalue weighted by Gasteiger charge is 2.25. The first-order valence-electron chi connectivity index (χ1n) is 6.73. The first kappa shape index (κ1) is 13.3. The minimum absolute atomic E-state index is 0.672. The second kappa shape index (κ2) is 5.67. The molecule has 1 aliphatic heterocycles. The third kappa shape index (κ3) is 3.93. The summed E-state index contributed by atoms with van der Waals surface area (Å²) in [5, 5.41) is 0. The van der Waals surface area contributed by atoms with Crippen molar-refractivity contribution in [3.05, 3.63) is 0 Å². The van der Waals surface area contributed by atoms with Gasteiger partial charge in [0.25, 0.3) is 0 Å². The minimum atomic E-state index is -2.98. The average molecular weight is 260 g/mol. The fourth-order valence-electron chi connectivity index (χ4n) is 2.98. The van der Waals surface area contributed by atoms with Gasteiger partial charge in [-0.15, -0.1) is 0 Å². The maximum Gasteiger partial charge on any atom is 0.211 e. The van der Waals surface area contributed by atoms with E-state index in [1.54, 1.807) is 4.31 Å². The number of hydrogen-bond donors (Lipinski definition) is 0. The summed E-state index contributed by atoms with van der Waals surface area (Å²) in [5.74, 6) is 0.855. The molecule has 4 nitrogen and oxygen atoms in total. The fraction of sp³-hybridized carbons (Fsp3) is 1.00. The van der Waals surface area contributed by atoms with Crippen molar-refractivity contribution in [1.82, 2.24) is 9.21 Å². The molecule has 1 aliphatic carbocycles. The van der Waals surface area contributed by atoms with E-state index in [0.717, 1.165) is 19.0 Å². The molecule has 0 radical (unpaired) electrons. The van der Waals surface area contributed by atoms with Crippen LogP contribution in [0.2, 0.25) is 0 Å². The Labute approximate surface area is 105 Å². The van der Waals surface area contributed by atoms with E-state index < -0.39 is 10.0 Å². The molecule has 2 rings (SSSR count). The Morgan fingerprint density at radius 1 is 1.00 bits per heavy atom. The van der Waals surface area contributed by atoms with Crippen LogP contribution in [0, 0.1) is 5.92 Å². The molecule has 0 amide bonds. The van der Waals surface area contributed by atoms with E-state index in [1.807, 2.05) is 0 Å². The van der Waals surface area contributed by atoms with Crippen LogP contribution in [0.1, 0.15) is 32.1 Å². The summed E-state index contributed by atoms with van der Waals surface area (Å²) in [4.78, 5) is 2.44. The van der Waals surface area contributed by atoms with Gasteiger partial charge in [0, 0.05) is 32.7 Å². The highest BCUT2D eigenvalue weighted by atomic mass is 32.2. The largest absolute Gasteiger partial charge is 0.300 e. The first-order chi connectivity index (χ1) is 8.05. The van der Waals surface area contributed by atoms with Crippen molar-refractivity contribution in [2.24, 2.45) is 5.92 Å². The van der Waals surface area contributed by atoms with Crippen LogP contribution in [0.5, 0.6) is 0 Å². The highest BCUT2D eigenvalue weighted by Crippen LogP contribution is 2.24. The van der Waals surface area contributed by atoms with Crippen molar-refractivity contribution in [2.75, 3.05) is 39.0 Å². The Hall–Kier alpha value is -0.130. The molecule has 1 heterocycles. The Balaban J connectivity index is 1.75. The third-order valence-corrected chi connectivity index (χ3v) is 5.34. The quantitative estimate of drug-likeness (QED) is 0.764. The zero-order valence-corrected chi connectivity index (χ0v) is 11.6. The predicted octanol–water partition coefficient (Wildman–Crippen LogP) is 1.14. The van der Waals surface area contributed by atoms with Crippen LogP contribution < -0.4 is 0 Å². The van der Waals surface area contributed by atoms with Gasteiger partial charge in [-0.2, -0.15) is 4.31 Å². The topological polar surface area (TPSA) is 40.6 Å². The molecule has 1 saturated carbocycles. The molecule has 0 aromatic rings. The van der Waals surface area contributed by atoms with Crippen LogP contribution in [-0.4, -0.2) is 56.6 Å². The van der Waals surface area contributed by atoms with Crippen LogP contribution >= 0.6 is 0 Å². The molecule has 0 bridgehead atoms. The standard InChI is InChI=1S/C12H24N2O2S/c1-17(15,16)14-9-7-13(8-10-14)11-12-5-3-2-4-6-12/h12H,2-11H2,1H3. The summed E-state index contributed by atoms with van der Waals surface area (Å²) < 4.78 is 24.4. The van der Waals surface area contributed by atoms with Crippen LogP contribution in [0.3, 0.4) is 0 Å². The van der Waals surface area contributed by atoms with Gasteiger partial charge in [0.05, 0.1) is 6.26 Å². The molecule has 2 fully saturated rings. The summed E-state index contributed by atoms with van der Waals surface area (Å²) in [6, 6.07) is 0. The first-order valence-corrected chi connectivity index (χ1v) is 8.58. The van der Waals surface area contributed by atoms with Gasteiger partial charge in [0.2, 0.25) is 10.0 Å². The van der Waals surface area contributed by atoms with E-state index in [4.69, 9.17) is 0 Å². The van der Waals surface area contributed by atoms with Crippen LogP contribution in [0.15, 0.2) is 0 Å². The van der Waals surface area contributed by atoms with E-state index in [9.17, 15) is 8.42 Å². The van der Waals surface area contributed by atoms with Crippen LogP contribution in [-0.2, 0) is 10.0 Å². The zero-order chi connectivity index (χ0) is 12.3. The second-order valence-corrected chi connectivity index (χ2v) is 7.45. The summed E-state index contributed by atoms with van der Waals surface area (Å²) in [6.07, 6.45) is 8.21. The van der Waals surface area contributed by atoms with Crippen molar-refractivity contribution < 1.29 is 8.42 Å². The molecule has 5 heteroatoms. The number of rotatable bonds is 3. The molecule has 0 spiro atoms. The zero-order valence-electron chi connectivity index (χ0n) is 10.8. The van der Waals surface area contributed by atoms with Gasteiger partial charge in [-0.1, -0.05) is 19.3 Å². The van der Waals surface area contributed by atoms with Gasteiger partial charge < -0.3 is 4.90 Å². The second-order valence-electron chi connectivity index (χ2n) is 5.47. The molecular weight excluding hydrogens is 236 g/mol. The molecule has 100 valence electrons. The van der Waals surface area contributed by atoms with E-state index in [-0.39, 0.29) is 0 Å².